The third-order valence-corrected chi connectivity index (χ3v) is 4.28. The van der Waals surface area contributed by atoms with Gasteiger partial charge in [-0.05, 0) is 42.5 Å². The zero-order chi connectivity index (χ0) is 12.5. The first-order valence-electron chi connectivity index (χ1n) is 6.40. The minimum Gasteiger partial charge on any atom is -0.494 e. The van der Waals surface area contributed by atoms with E-state index < -0.39 is 0 Å². The van der Waals surface area contributed by atoms with Crippen LogP contribution in [0, 0.1) is 11.8 Å². The van der Waals surface area contributed by atoms with E-state index in [0.717, 1.165) is 31.0 Å². The van der Waals surface area contributed by atoms with E-state index in [9.17, 15) is 0 Å². The lowest BCUT2D eigenvalue weighted by Crippen LogP contribution is -2.18. The number of hydrogen-bond donors (Lipinski definition) is 1. The number of aromatic nitrogens is 1. The van der Waals surface area contributed by atoms with Gasteiger partial charge in [-0.3, -0.25) is 0 Å². The number of hydrogen-bond acceptors (Lipinski definition) is 3. The van der Waals surface area contributed by atoms with Gasteiger partial charge in [0, 0.05) is 18.7 Å². The van der Waals surface area contributed by atoms with Crippen LogP contribution < -0.4 is 10.1 Å². The van der Waals surface area contributed by atoms with Gasteiger partial charge in [-0.25, -0.2) is 4.98 Å². The second-order valence-corrected chi connectivity index (χ2v) is 5.34. The molecule has 0 radical (unpaired) electrons. The fourth-order valence-corrected chi connectivity index (χ4v) is 3.25. The van der Waals surface area contributed by atoms with Crippen LogP contribution in [0.2, 0.25) is 5.15 Å². The molecule has 0 spiro atoms. The van der Waals surface area contributed by atoms with Gasteiger partial charge in [-0.15, -0.1) is 0 Å². The molecule has 2 heterocycles. The number of nitrogens with one attached hydrogen (secondary N) is 1. The van der Waals surface area contributed by atoms with Gasteiger partial charge in [0.05, 0.1) is 7.11 Å². The lowest BCUT2D eigenvalue weighted by Gasteiger charge is -2.26. The number of allylic oxidation sites excluding steroid dienone is 1. The Hall–Kier alpha value is -1.06. The predicted octanol–water partition coefficient (Wildman–Crippen LogP) is 2.76. The minimum atomic E-state index is 0.429. The molecule has 1 aliphatic heterocycles. The van der Waals surface area contributed by atoms with Gasteiger partial charge in [0.2, 0.25) is 0 Å². The van der Waals surface area contributed by atoms with Crippen molar-refractivity contribution in [1.29, 1.82) is 0 Å². The number of fused-ring (bicyclic) bond motifs is 1. The maximum absolute atomic E-state index is 5.98. The first kappa shape index (κ1) is 12.0. The summed E-state index contributed by atoms with van der Waals surface area (Å²) in [4.78, 5) is 4.22. The van der Waals surface area contributed by atoms with Crippen molar-refractivity contribution in [2.75, 3.05) is 20.2 Å². The summed E-state index contributed by atoms with van der Waals surface area (Å²) in [5.74, 6) is 2.04. The second kappa shape index (κ2) is 4.90. The van der Waals surface area contributed by atoms with Crippen molar-refractivity contribution in [2.45, 2.75) is 12.8 Å². The highest BCUT2D eigenvalue weighted by atomic mass is 35.5. The van der Waals surface area contributed by atoms with Crippen LogP contribution in [0.25, 0.3) is 5.57 Å². The molecule has 96 valence electrons. The van der Waals surface area contributed by atoms with Crippen LogP contribution >= 0.6 is 11.6 Å². The second-order valence-electron chi connectivity index (χ2n) is 4.98. The summed E-state index contributed by atoms with van der Waals surface area (Å²) in [7, 11) is 1.63. The van der Waals surface area contributed by atoms with Crippen LogP contribution in [0.5, 0.6) is 5.75 Å². The number of ether oxygens (including phenoxy) is 1. The quantitative estimate of drug-likeness (QED) is 0.834. The summed E-state index contributed by atoms with van der Waals surface area (Å²) in [5.41, 5.74) is 2.55. The summed E-state index contributed by atoms with van der Waals surface area (Å²) in [5, 5.41) is 3.91. The normalized spacial score (nSPS) is 26.7. The molecule has 0 unspecified atom stereocenters. The number of nitrogens with zero attached hydrogens (tertiary/aromatic N) is 1. The van der Waals surface area contributed by atoms with Crippen LogP contribution in [0.1, 0.15) is 18.4 Å². The van der Waals surface area contributed by atoms with E-state index in [1.54, 1.807) is 7.11 Å². The molecule has 2 aliphatic rings. The van der Waals surface area contributed by atoms with Crippen molar-refractivity contribution in [3.63, 3.8) is 0 Å². The number of rotatable bonds is 2. The zero-order valence-corrected chi connectivity index (χ0v) is 11.2. The Kier molecular flexibility index (Phi) is 3.27. The van der Waals surface area contributed by atoms with Crippen LogP contribution in [0.15, 0.2) is 18.3 Å². The smallest absolute Gasteiger partial charge is 0.171 e. The fraction of sp³-hybridized carbons (Fsp3) is 0.500. The van der Waals surface area contributed by atoms with E-state index in [1.165, 1.54) is 12.0 Å². The Morgan fingerprint density at radius 1 is 1.44 bits per heavy atom. The van der Waals surface area contributed by atoms with Crippen molar-refractivity contribution in [3.8, 4) is 5.75 Å². The van der Waals surface area contributed by atoms with Gasteiger partial charge in [0.25, 0.3) is 0 Å². The van der Waals surface area contributed by atoms with E-state index in [2.05, 4.69) is 16.4 Å². The molecular formula is C14H17ClN2O. The van der Waals surface area contributed by atoms with E-state index in [0.29, 0.717) is 16.8 Å². The largest absolute Gasteiger partial charge is 0.494 e. The molecule has 1 aromatic heterocycles. The monoisotopic (exact) mass is 264 g/mol. The summed E-state index contributed by atoms with van der Waals surface area (Å²) in [6, 6.07) is 2.00. The van der Waals surface area contributed by atoms with E-state index in [1.807, 2.05) is 12.3 Å². The van der Waals surface area contributed by atoms with E-state index >= 15 is 0 Å². The zero-order valence-electron chi connectivity index (χ0n) is 10.4. The molecule has 1 N–H and O–H groups in total. The first-order valence-corrected chi connectivity index (χ1v) is 6.78. The maximum atomic E-state index is 5.98. The predicted molar refractivity (Wildman–Crippen MR) is 72.9 cm³/mol. The van der Waals surface area contributed by atoms with Crippen LogP contribution in [0.4, 0.5) is 0 Å². The Morgan fingerprint density at radius 3 is 3.17 bits per heavy atom. The number of methoxy groups -OCH3 is 1. The highest BCUT2D eigenvalue weighted by Crippen LogP contribution is 2.39. The highest BCUT2D eigenvalue weighted by molar-refractivity contribution is 6.30. The van der Waals surface area contributed by atoms with Crippen molar-refractivity contribution in [3.05, 3.63) is 29.1 Å². The summed E-state index contributed by atoms with van der Waals surface area (Å²) >= 11 is 5.98. The summed E-state index contributed by atoms with van der Waals surface area (Å²) < 4.78 is 5.25. The molecule has 0 amide bonds. The van der Waals surface area contributed by atoms with Gasteiger partial charge < -0.3 is 10.1 Å². The Morgan fingerprint density at radius 2 is 2.33 bits per heavy atom. The van der Waals surface area contributed by atoms with Crippen molar-refractivity contribution < 1.29 is 4.74 Å². The van der Waals surface area contributed by atoms with Gasteiger partial charge in [-0.1, -0.05) is 17.7 Å². The third kappa shape index (κ3) is 2.02. The molecule has 1 fully saturated rings. The Labute approximate surface area is 112 Å². The molecule has 0 aromatic carbocycles. The van der Waals surface area contributed by atoms with Gasteiger partial charge in [0.1, 0.15) is 0 Å². The molecule has 4 heteroatoms. The fourth-order valence-electron chi connectivity index (χ4n) is 3.07. The molecule has 3 rings (SSSR count). The van der Waals surface area contributed by atoms with Gasteiger partial charge in [-0.2, -0.15) is 0 Å². The van der Waals surface area contributed by atoms with Crippen molar-refractivity contribution >= 4 is 17.2 Å². The lowest BCUT2D eigenvalue weighted by molar-refractivity contribution is 0.412. The molecule has 0 saturated carbocycles. The molecular weight excluding hydrogens is 248 g/mol. The van der Waals surface area contributed by atoms with Crippen molar-refractivity contribution in [1.82, 2.24) is 10.3 Å². The van der Waals surface area contributed by atoms with E-state index in [4.69, 9.17) is 16.3 Å². The summed E-state index contributed by atoms with van der Waals surface area (Å²) in [6.45, 7) is 2.21. The Balaban J connectivity index is 1.96. The average molecular weight is 265 g/mol. The molecule has 1 aliphatic carbocycles. The van der Waals surface area contributed by atoms with Gasteiger partial charge in [0.15, 0.2) is 10.9 Å². The SMILES string of the molecule is COc1cc(C2=CCC[C@H]3CNC[C@@H]23)cnc1Cl. The molecule has 1 saturated heterocycles. The first-order chi connectivity index (χ1) is 8.79. The number of halogens is 1. The van der Waals surface area contributed by atoms with Crippen LogP contribution in [-0.4, -0.2) is 25.2 Å². The topological polar surface area (TPSA) is 34.1 Å². The van der Waals surface area contributed by atoms with Crippen LogP contribution in [0.3, 0.4) is 0 Å². The van der Waals surface area contributed by atoms with Crippen LogP contribution in [-0.2, 0) is 0 Å². The molecule has 0 bridgehead atoms. The average Bonchev–Trinajstić information content (AvgIpc) is 2.87. The van der Waals surface area contributed by atoms with E-state index in [-0.39, 0.29) is 0 Å². The van der Waals surface area contributed by atoms with Gasteiger partial charge >= 0.3 is 0 Å². The number of pyridine rings is 1. The molecule has 18 heavy (non-hydrogen) atoms. The Bertz CT molecular complexity index is 487. The standard InChI is InChI=1S/C14H17ClN2O/c1-18-13-5-10(7-17-14(13)15)11-4-2-3-9-6-16-8-12(9)11/h4-5,7,9,12,16H,2-3,6,8H2,1H3/t9-,12+/m0/s1. The van der Waals surface area contributed by atoms with Crippen molar-refractivity contribution in [2.24, 2.45) is 11.8 Å². The highest BCUT2D eigenvalue weighted by Gasteiger charge is 2.32. The molecule has 2 atom stereocenters. The molecule has 1 aromatic rings. The minimum absolute atomic E-state index is 0.429. The summed E-state index contributed by atoms with van der Waals surface area (Å²) in [6.07, 6.45) is 6.65. The lowest BCUT2D eigenvalue weighted by atomic mass is 9.78. The third-order valence-electron chi connectivity index (χ3n) is 4.00. The maximum Gasteiger partial charge on any atom is 0.171 e. The molecule has 3 nitrogen and oxygen atoms in total.